The average Bonchev–Trinajstić information content (AvgIpc) is 2.91. The Bertz CT molecular complexity index is 323. The maximum Gasteiger partial charge on any atom is 0.128 e. The highest BCUT2D eigenvalue weighted by atomic mass is 79.9. The standard InChI is InChI=1S/C10H11BrFN/c11-7-3-4-9(12)8(5-7)10(13)6-1-2-6/h3-6,10H,1-2,13H2/t10-/m1/s1. The van der Waals surface area contributed by atoms with Gasteiger partial charge < -0.3 is 5.73 Å². The topological polar surface area (TPSA) is 26.0 Å². The molecule has 1 aromatic rings. The second-order valence-electron chi connectivity index (χ2n) is 3.53. The molecule has 0 spiro atoms. The lowest BCUT2D eigenvalue weighted by Crippen LogP contribution is -2.14. The van der Waals surface area contributed by atoms with Crippen LogP contribution in [0.15, 0.2) is 22.7 Å². The molecule has 0 heterocycles. The van der Waals surface area contributed by atoms with Crippen molar-refractivity contribution >= 4 is 15.9 Å². The first-order valence-corrected chi connectivity index (χ1v) is 5.18. The van der Waals surface area contributed by atoms with Gasteiger partial charge in [0, 0.05) is 16.1 Å². The van der Waals surface area contributed by atoms with Gasteiger partial charge in [-0.1, -0.05) is 15.9 Å². The molecule has 1 aliphatic rings. The molecule has 0 amide bonds. The number of nitrogens with two attached hydrogens (primary N) is 1. The zero-order valence-corrected chi connectivity index (χ0v) is 8.72. The second-order valence-corrected chi connectivity index (χ2v) is 4.44. The minimum Gasteiger partial charge on any atom is -0.324 e. The summed E-state index contributed by atoms with van der Waals surface area (Å²) >= 11 is 3.31. The first-order chi connectivity index (χ1) is 6.18. The number of rotatable bonds is 2. The van der Waals surface area contributed by atoms with E-state index in [-0.39, 0.29) is 11.9 Å². The van der Waals surface area contributed by atoms with Crippen molar-refractivity contribution in [3.05, 3.63) is 34.1 Å². The summed E-state index contributed by atoms with van der Waals surface area (Å²) in [7, 11) is 0. The second kappa shape index (κ2) is 3.39. The predicted octanol–water partition coefficient (Wildman–Crippen LogP) is 3.00. The monoisotopic (exact) mass is 243 g/mol. The Morgan fingerprint density at radius 3 is 2.77 bits per heavy atom. The summed E-state index contributed by atoms with van der Waals surface area (Å²) in [6, 6.07) is 4.80. The highest BCUT2D eigenvalue weighted by molar-refractivity contribution is 9.10. The smallest absolute Gasteiger partial charge is 0.128 e. The SMILES string of the molecule is N[C@@H](c1cc(Br)ccc1F)C1CC1. The van der Waals surface area contributed by atoms with E-state index in [1.807, 2.05) is 0 Å². The minimum absolute atomic E-state index is 0.127. The Labute approximate surface area is 85.3 Å². The third-order valence-corrected chi connectivity index (χ3v) is 2.94. The van der Waals surface area contributed by atoms with Crippen LogP contribution in [0.25, 0.3) is 0 Å². The van der Waals surface area contributed by atoms with Crippen molar-refractivity contribution in [3.8, 4) is 0 Å². The van der Waals surface area contributed by atoms with Crippen LogP contribution in [0.5, 0.6) is 0 Å². The van der Waals surface area contributed by atoms with Gasteiger partial charge in [-0.2, -0.15) is 0 Å². The molecule has 0 saturated heterocycles. The van der Waals surface area contributed by atoms with Crippen LogP contribution in [0.3, 0.4) is 0 Å². The van der Waals surface area contributed by atoms with Gasteiger partial charge in [0.05, 0.1) is 0 Å². The lowest BCUT2D eigenvalue weighted by atomic mass is 10.0. The van der Waals surface area contributed by atoms with Crippen LogP contribution in [-0.4, -0.2) is 0 Å². The predicted molar refractivity (Wildman–Crippen MR) is 53.8 cm³/mol. The normalized spacial score (nSPS) is 18.7. The molecule has 0 unspecified atom stereocenters. The molecule has 0 aliphatic heterocycles. The van der Waals surface area contributed by atoms with Gasteiger partial charge in [-0.15, -0.1) is 0 Å². The summed E-state index contributed by atoms with van der Waals surface area (Å²) in [5, 5.41) is 0. The Hall–Kier alpha value is -0.410. The van der Waals surface area contributed by atoms with E-state index in [2.05, 4.69) is 15.9 Å². The summed E-state index contributed by atoms with van der Waals surface area (Å²) in [6.45, 7) is 0. The number of benzene rings is 1. The summed E-state index contributed by atoms with van der Waals surface area (Å²) in [5.41, 5.74) is 6.55. The molecule has 1 saturated carbocycles. The first kappa shape index (κ1) is 9.16. The third kappa shape index (κ3) is 1.92. The van der Waals surface area contributed by atoms with Gasteiger partial charge in [0.25, 0.3) is 0 Å². The van der Waals surface area contributed by atoms with Gasteiger partial charge in [0.2, 0.25) is 0 Å². The molecule has 0 radical (unpaired) electrons. The lowest BCUT2D eigenvalue weighted by molar-refractivity contribution is 0.553. The summed E-state index contributed by atoms with van der Waals surface area (Å²) < 4.78 is 14.2. The molecular weight excluding hydrogens is 233 g/mol. The van der Waals surface area contributed by atoms with Crippen LogP contribution in [-0.2, 0) is 0 Å². The van der Waals surface area contributed by atoms with Gasteiger partial charge in [-0.25, -0.2) is 4.39 Å². The van der Waals surface area contributed by atoms with Crippen molar-refractivity contribution in [2.45, 2.75) is 18.9 Å². The van der Waals surface area contributed by atoms with Crippen molar-refractivity contribution in [2.75, 3.05) is 0 Å². The molecular formula is C10H11BrFN. The van der Waals surface area contributed by atoms with E-state index >= 15 is 0 Å². The van der Waals surface area contributed by atoms with E-state index in [1.54, 1.807) is 12.1 Å². The maximum absolute atomic E-state index is 13.3. The summed E-state index contributed by atoms with van der Waals surface area (Å²) in [6.07, 6.45) is 2.26. The van der Waals surface area contributed by atoms with Crippen molar-refractivity contribution in [2.24, 2.45) is 11.7 Å². The molecule has 2 rings (SSSR count). The Morgan fingerprint density at radius 2 is 2.15 bits per heavy atom. The number of hydrogen-bond acceptors (Lipinski definition) is 1. The van der Waals surface area contributed by atoms with Crippen LogP contribution in [0.4, 0.5) is 4.39 Å². The summed E-state index contributed by atoms with van der Waals surface area (Å²) in [4.78, 5) is 0. The van der Waals surface area contributed by atoms with Crippen LogP contribution < -0.4 is 5.73 Å². The zero-order valence-electron chi connectivity index (χ0n) is 7.13. The van der Waals surface area contributed by atoms with Crippen molar-refractivity contribution in [3.63, 3.8) is 0 Å². The molecule has 0 aromatic heterocycles. The fraction of sp³-hybridized carbons (Fsp3) is 0.400. The van der Waals surface area contributed by atoms with Crippen molar-refractivity contribution in [1.82, 2.24) is 0 Å². The zero-order chi connectivity index (χ0) is 9.42. The Balaban J connectivity index is 2.31. The average molecular weight is 244 g/mol. The van der Waals surface area contributed by atoms with Gasteiger partial charge in [0.1, 0.15) is 5.82 Å². The van der Waals surface area contributed by atoms with Gasteiger partial charge >= 0.3 is 0 Å². The van der Waals surface area contributed by atoms with Gasteiger partial charge in [-0.05, 0) is 37.0 Å². The Kier molecular flexibility index (Phi) is 2.39. The van der Waals surface area contributed by atoms with Crippen LogP contribution >= 0.6 is 15.9 Å². The summed E-state index contributed by atoms with van der Waals surface area (Å²) in [5.74, 6) is 0.298. The van der Waals surface area contributed by atoms with Crippen LogP contribution in [0.2, 0.25) is 0 Å². The van der Waals surface area contributed by atoms with Crippen LogP contribution in [0, 0.1) is 11.7 Å². The lowest BCUT2D eigenvalue weighted by Gasteiger charge is -2.11. The van der Waals surface area contributed by atoms with Crippen molar-refractivity contribution < 1.29 is 4.39 Å². The molecule has 13 heavy (non-hydrogen) atoms. The largest absolute Gasteiger partial charge is 0.324 e. The molecule has 70 valence electrons. The number of hydrogen-bond donors (Lipinski definition) is 1. The molecule has 1 aliphatic carbocycles. The molecule has 0 bridgehead atoms. The molecule has 1 aromatic carbocycles. The van der Waals surface area contributed by atoms with E-state index in [1.165, 1.54) is 6.07 Å². The maximum atomic E-state index is 13.3. The fourth-order valence-electron chi connectivity index (χ4n) is 1.48. The minimum atomic E-state index is -0.192. The first-order valence-electron chi connectivity index (χ1n) is 4.39. The molecule has 1 fully saturated rings. The van der Waals surface area contributed by atoms with E-state index in [0.717, 1.165) is 17.3 Å². The quantitative estimate of drug-likeness (QED) is 0.850. The van der Waals surface area contributed by atoms with Crippen molar-refractivity contribution in [1.29, 1.82) is 0 Å². The highest BCUT2D eigenvalue weighted by Gasteiger charge is 2.30. The van der Waals surface area contributed by atoms with Crippen LogP contribution in [0.1, 0.15) is 24.4 Å². The number of halogens is 2. The highest BCUT2D eigenvalue weighted by Crippen LogP contribution is 2.40. The van der Waals surface area contributed by atoms with Gasteiger partial charge in [-0.3, -0.25) is 0 Å². The van der Waals surface area contributed by atoms with Gasteiger partial charge in [0.15, 0.2) is 0 Å². The van der Waals surface area contributed by atoms with E-state index in [4.69, 9.17) is 5.73 Å². The molecule has 1 nitrogen and oxygen atoms in total. The van der Waals surface area contributed by atoms with E-state index < -0.39 is 0 Å². The third-order valence-electron chi connectivity index (χ3n) is 2.45. The Morgan fingerprint density at radius 1 is 1.46 bits per heavy atom. The van der Waals surface area contributed by atoms with E-state index in [9.17, 15) is 4.39 Å². The fourth-order valence-corrected chi connectivity index (χ4v) is 1.86. The van der Waals surface area contributed by atoms with E-state index in [0.29, 0.717) is 11.5 Å². The molecule has 2 N–H and O–H groups in total. The molecule has 1 atom stereocenters. The molecule has 3 heteroatoms.